The lowest BCUT2D eigenvalue weighted by Crippen LogP contribution is -2.41. The Morgan fingerprint density at radius 1 is 1.19 bits per heavy atom. The summed E-state index contributed by atoms with van der Waals surface area (Å²) in [6.07, 6.45) is 2.18. The van der Waals surface area contributed by atoms with Gasteiger partial charge in [0.1, 0.15) is 5.75 Å². The highest BCUT2D eigenvalue weighted by Crippen LogP contribution is 2.38. The fourth-order valence-electron chi connectivity index (χ4n) is 2.76. The van der Waals surface area contributed by atoms with E-state index in [1.807, 2.05) is 45.9 Å². The van der Waals surface area contributed by atoms with Gasteiger partial charge < -0.3 is 14.0 Å². The second kappa shape index (κ2) is 6.69. The summed E-state index contributed by atoms with van der Waals surface area (Å²) < 4.78 is 17.5. The number of ether oxygens (including phenoxy) is 1. The van der Waals surface area contributed by atoms with Crippen molar-refractivity contribution in [2.45, 2.75) is 38.9 Å². The van der Waals surface area contributed by atoms with Crippen LogP contribution in [0.4, 0.5) is 0 Å². The van der Waals surface area contributed by atoms with Crippen LogP contribution in [0.3, 0.4) is 0 Å². The Bertz CT molecular complexity index is 837. The highest BCUT2D eigenvalue weighted by molar-refractivity contribution is 6.66. The molecule has 2 heterocycles. The molecule has 0 saturated carbocycles. The standard InChI is InChI=1S/C19H21BClNO4/c1-18(2)19(3,4)26-20(25-18)14-8-6-7-13(17(14)21)15-9-16(24-5)12(11-23)10-22-15/h6-11H,1-5H3. The molecule has 1 aromatic carbocycles. The smallest absolute Gasteiger partial charge is 0.496 e. The Kier molecular flexibility index (Phi) is 4.86. The molecule has 0 radical (unpaired) electrons. The third kappa shape index (κ3) is 3.13. The molecule has 1 aliphatic rings. The third-order valence-electron chi connectivity index (χ3n) is 5.05. The molecule has 26 heavy (non-hydrogen) atoms. The zero-order chi connectivity index (χ0) is 19.1. The molecule has 0 N–H and O–H groups in total. The lowest BCUT2D eigenvalue weighted by Gasteiger charge is -2.32. The van der Waals surface area contributed by atoms with E-state index in [2.05, 4.69) is 4.98 Å². The van der Waals surface area contributed by atoms with Gasteiger partial charge in [-0.2, -0.15) is 0 Å². The Labute approximate surface area is 158 Å². The van der Waals surface area contributed by atoms with Crippen molar-refractivity contribution in [3.05, 3.63) is 41.0 Å². The lowest BCUT2D eigenvalue weighted by molar-refractivity contribution is 0.00578. The summed E-state index contributed by atoms with van der Waals surface area (Å²) in [5.74, 6) is 0.446. The van der Waals surface area contributed by atoms with E-state index >= 15 is 0 Å². The van der Waals surface area contributed by atoms with E-state index in [0.717, 1.165) is 11.0 Å². The maximum atomic E-state index is 11.1. The molecule has 0 bridgehead atoms. The molecule has 1 aliphatic heterocycles. The third-order valence-corrected chi connectivity index (χ3v) is 5.48. The molecule has 1 fully saturated rings. The first-order valence-corrected chi connectivity index (χ1v) is 8.71. The molecule has 136 valence electrons. The molecule has 7 heteroatoms. The fraction of sp³-hybridized carbons (Fsp3) is 0.368. The minimum absolute atomic E-state index is 0.384. The van der Waals surface area contributed by atoms with Gasteiger partial charge in [-0.1, -0.05) is 29.8 Å². The van der Waals surface area contributed by atoms with Crippen LogP contribution in [0.25, 0.3) is 11.3 Å². The number of carbonyl (C=O) groups is 1. The van der Waals surface area contributed by atoms with Gasteiger partial charge in [0.05, 0.1) is 29.6 Å². The van der Waals surface area contributed by atoms with Crippen LogP contribution in [0.15, 0.2) is 30.5 Å². The second-order valence-electron chi connectivity index (χ2n) is 7.23. The van der Waals surface area contributed by atoms with Crippen LogP contribution in [0, 0.1) is 0 Å². The van der Waals surface area contributed by atoms with E-state index < -0.39 is 18.3 Å². The normalized spacial score (nSPS) is 18.0. The zero-order valence-electron chi connectivity index (χ0n) is 15.5. The van der Waals surface area contributed by atoms with Gasteiger partial charge in [0, 0.05) is 28.3 Å². The van der Waals surface area contributed by atoms with Crippen molar-refractivity contribution in [3.8, 4) is 17.0 Å². The Balaban J connectivity index is 2.03. The number of hydrogen-bond acceptors (Lipinski definition) is 5. The molecule has 1 saturated heterocycles. The van der Waals surface area contributed by atoms with E-state index in [9.17, 15) is 4.79 Å². The first-order valence-electron chi connectivity index (χ1n) is 8.34. The van der Waals surface area contributed by atoms with E-state index in [1.54, 1.807) is 6.07 Å². The summed E-state index contributed by atoms with van der Waals surface area (Å²) >= 11 is 6.67. The van der Waals surface area contributed by atoms with Crippen molar-refractivity contribution in [1.29, 1.82) is 0 Å². The van der Waals surface area contributed by atoms with Gasteiger partial charge in [-0.25, -0.2) is 0 Å². The molecular formula is C19H21BClNO4. The summed E-state index contributed by atoms with van der Waals surface area (Å²) in [7, 11) is 0.942. The van der Waals surface area contributed by atoms with E-state index in [-0.39, 0.29) is 0 Å². The number of pyridine rings is 1. The molecule has 1 aromatic heterocycles. The molecule has 0 spiro atoms. The van der Waals surface area contributed by atoms with E-state index in [4.69, 9.17) is 25.6 Å². The number of methoxy groups -OCH3 is 1. The first kappa shape index (κ1) is 18.9. The molecular weight excluding hydrogens is 352 g/mol. The van der Waals surface area contributed by atoms with Crippen LogP contribution >= 0.6 is 11.6 Å². The first-order chi connectivity index (χ1) is 12.2. The van der Waals surface area contributed by atoms with Gasteiger partial charge in [-0.15, -0.1) is 0 Å². The number of benzene rings is 1. The van der Waals surface area contributed by atoms with Crippen LogP contribution in [-0.4, -0.2) is 36.7 Å². The van der Waals surface area contributed by atoms with Crippen molar-refractivity contribution >= 4 is 30.5 Å². The van der Waals surface area contributed by atoms with E-state index in [0.29, 0.717) is 28.3 Å². The summed E-state index contributed by atoms with van der Waals surface area (Å²) in [5.41, 5.74) is 1.54. The highest BCUT2D eigenvalue weighted by atomic mass is 35.5. The predicted molar refractivity (Wildman–Crippen MR) is 102 cm³/mol. The zero-order valence-corrected chi connectivity index (χ0v) is 16.3. The predicted octanol–water partition coefficient (Wildman–Crippen LogP) is 3.52. The summed E-state index contributed by atoms with van der Waals surface area (Å²) in [5, 5.41) is 0.499. The summed E-state index contributed by atoms with van der Waals surface area (Å²) in [6, 6.07) is 7.31. The molecule has 2 aromatic rings. The minimum atomic E-state index is -0.566. The van der Waals surface area contributed by atoms with Gasteiger partial charge >= 0.3 is 7.12 Å². The van der Waals surface area contributed by atoms with Gasteiger partial charge in [0.2, 0.25) is 0 Å². The van der Waals surface area contributed by atoms with Crippen molar-refractivity contribution < 1.29 is 18.8 Å². The average molecular weight is 374 g/mol. The average Bonchev–Trinajstić information content (AvgIpc) is 2.82. The molecule has 3 rings (SSSR count). The number of aromatic nitrogens is 1. The van der Waals surface area contributed by atoms with E-state index in [1.165, 1.54) is 13.3 Å². The van der Waals surface area contributed by atoms with Crippen molar-refractivity contribution in [1.82, 2.24) is 4.98 Å². The van der Waals surface area contributed by atoms with Gasteiger partial charge in [-0.05, 0) is 27.7 Å². The molecule has 0 atom stereocenters. The number of halogens is 1. The van der Waals surface area contributed by atoms with Crippen molar-refractivity contribution in [2.24, 2.45) is 0 Å². The maximum Gasteiger partial charge on any atom is 0.496 e. The Morgan fingerprint density at radius 2 is 1.85 bits per heavy atom. The Morgan fingerprint density at radius 3 is 2.42 bits per heavy atom. The molecule has 0 aliphatic carbocycles. The van der Waals surface area contributed by atoms with Gasteiger partial charge in [0.25, 0.3) is 0 Å². The number of aldehydes is 1. The largest absolute Gasteiger partial charge is 0.496 e. The van der Waals surface area contributed by atoms with Crippen molar-refractivity contribution in [2.75, 3.05) is 7.11 Å². The second-order valence-corrected chi connectivity index (χ2v) is 7.60. The highest BCUT2D eigenvalue weighted by Gasteiger charge is 2.52. The number of rotatable bonds is 4. The summed E-state index contributed by atoms with van der Waals surface area (Å²) in [6.45, 7) is 7.98. The van der Waals surface area contributed by atoms with Crippen molar-refractivity contribution in [3.63, 3.8) is 0 Å². The molecule has 5 nitrogen and oxygen atoms in total. The number of hydrogen-bond donors (Lipinski definition) is 0. The maximum absolute atomic E-state index is 11.1. The van der Waals surface area contributed by atoms with Crippen LogP contribution in [0.5, 0.6) is 5.75 Å². The molecule has 0 amide bonds. The topological polar surface area (TPSA) is 57.6 Å². The van der Waals surface area contributed by atoms with Crippen LogP contribution in [-0.2, 0) is 9.31 Å². The fourth-order valence-corrected chi connectivity index (χ4v) is 3.07. The monoisotopic (exact) mass is 373 g/mol. The summed E-state index contributed by atoms with van der Waals surface area (Å²) in [4.78, 5) is 15.4. The van der Waals surface area contributed by atoms with Crippen LogP contribution in [0.1, 0.15) is 38.1 Å². The number of nitrogens with zero attached hydrogens (tertiary/aromatic N) is 1. The lowest BCUT2D eigenvalue weighted by atomic mass is 9.78. The SMILES string of the molecule is COc1cc(-c2cccc(B3OC(C)(C)C(C)(C)O3)c2Cl)ncc1C=O. The quantitative estimate of drug-likeness (QED) is 0.606. The van der Waals surface area contributed by atoms with Gasteiger partial charge in [0.15, 0.2) is 6.29 Å². The molecule has 0 unspecified atom stereocenters. The Hall–Kier alpha value is -1.89. The van der Waals surface area contributed by atoms with Crippen LogP contribution in [0.2, 0.25) is 5.02 Å². The number of carbonyl (C=O) groups excluding carboxylic acids is 1. The minimum Gasteiger partial charge on any atom is -0.496 e. The van der Waals surface area contributed by atoms with Gasteiger partial charge in [-0.3, -0.25) is 9.78 Å². The van der Waals surface area contributed by atoms with Crippen LogP contribution < -0.4 is 10.2 Å².